The number of hydrogen-bond donors (Lipinski definition) is 1. The minimum absolute atomic E-state index is 0.259. The lowest BCUT2D eigenvalue weighted by Crippen LogP contribution is -2.23. The van der Waals surface area contributed by atoms with Crippen molar-refractivity contribution in [1.29, 1.82) is 0 Å². The first kappa shape index (κ1) is 14.1. The lowest BCUT2D eigenvalue weighted by Gasteiger charge is -2.14. The SMILES string of the molecule is Cc1c(C(C)NCCCN(C)C)oc2ccccc12. The van der Waals surface area contributed by atoms with E-state index < -0.39 is 0 Å². The molecule has 19 heavy (non-hydrogen) atoms. The first-order chi connectivity index (χ1) is 9.09. The number of aryl methyl sites for hydroxylation is 1. The van der Waals surface area contributed by atoms with E-state index in [0.29, 0.717) is 0 Å². The van der Waals surface area contributed by atoms with E-state index in [1.54, 1.807) is 0 Å². The molecule has 1 aromatic heterocycles. The van der Waals surface area contributed by atoms with Gasteiger partial charge >= 0.3 is 0 Å². The monoisotopic (exact) mass is 260 g/mol. The van der Waals surface area contributed by atoms with E-state index in [4.69, 9.17) is 4.42 Å². The number of furan rings is 1. The Kier molecular flexibility index (Phi) is 4.61. The van der Waals surface area contributed by atoms with Gasteiger partial charge in [-0.3, -0.25) is 0 Å². The van der Waals surface area contributed by atoms with Crippen molar-refractivity contribution in [3.05, 3.63) is 35.6 Å². The molecule has 0 amide bonds. The van der Waals surface area contributed by atoms with Gasteiger partial charge in [-0.2, -0.15) is 0 Å². The molecule has 0 aliphatic rings. The molecular weight excluding hydrogens is 236 g/mol. The summed E-state index contributed by atoms with van der Waals surface area (Å²) in [7, 11) is 4.21. The minimum atomic E-state index is 0.259. The molecule has 104 valence electrons. The highest BCUT2D eigenvalue weighted by Crippen LogP contribution is 2.28. The van der Waals surface area contributed by atoms with Crippen LogP contribution in [0.3, 0.4) is 0 Å². The summed E-state index contributed by atoms with van der Waals surface area (Å²) < 4.78 is 5.97. The molecule has 1 unspecified atom stereocenters. The van der Waals surface area contributed by atoms with Crippen LogP contribution in [0.5, 0.6) is 0 Å². The predicted molar refractivity (Wildman–Crippen MR) is 80.5 cm³/mol. The van der Waals surface area contributed by atoms with E-state index in [0.717, 1.165) is 30.9 Å². The molecule has 0 saturated carbocycles. The summed E-state index contributed by atoms with van der Waals surface area (Å²) >= 11 is 0. The van der Waals surface area contributed by atoms with Crippen molar-refractivity contribution in [2.75, 3.05) is 27.2 Å². The Labute approximate surface area is 115 Å². The summed E-state index contributed by atoms with van der Waals surface area (Å²) in [5.74, 6) is 1.06. The van der Waals surface area contributed by atoms with Crippen molar-refractivity contribution >= 4 is 11.0 Å². The molecule has 0 fully saturated rings. The van der Waals surface area contributed by atoms with Gasteiger partial charge < -0.3 is 14.6 Å². The Morgan fingerprint density at radius 2 is 2.00 bits per heavy atom. The highest BCUT2D eigenvalue weighted by atomic mass is 16.3. The summed E-state index contributed by atoms with van der Waals surface area (Å²) in [6.45, 7) is 6.42. The Bertz CT molecular complexity index is 531. The Hall–Kier alpha value is -1.32. The zero-order valence-electron chi connectivity index (χ0n) is 12.4. The number of nitrogens with zero attached hydrogens (tertiary/aromatic N) is 1. The largest absolute Gasteiger partial charge is 0.459 e. The number of benzene rings is 1. The summed E-state index contributed by atoms with van der Waals surface area (Å²) in [5.41, 5.74) is 2.24. The van der Waals surface area contributed by atoms with Crippen LogP contribution >= 0.6 is 0 Å². The van der Waals surface area contributed by atoms with Gasteiger partial charge in [0.15, 0.2) is 0 Å². The molecule has 0 radical (unpaired) electrons. The number of para-hydroxylation sites is 1. The fraction of sp³-hybridized carbons (Fsp3) is 0.500. The lowest BCUT2D eigenvalue weighted by atomic mass is 10.1. The Balaban J connectivity index is 2.01. The van der Waals surface area contributed by atoms with Gasteiger partial charge in [0.05, 0.1) is 6.04 Å². The second kappa shape index (κ2) is 6.22. The van der Waals surface area contributed by atoms with Gasteiger partial charge in [-0.1, -0.05) is 18.2 Å². The molecule has 0 aliphatic carbocycles. The van der Waals surface area contributed by atoms with E-state index in [2.05, 4.69) is 50.3 Å². The molecule has 0 spiro atoms. The molecular formula is C16H24N2O. The third-order valence-corrected chi connectivity index (χ3v) is 3.51. The normalized spacial score (nSPS) is 13.3. The topological polar surface area (TPSA) is 28.4 Å². The fourth-order valence-electron chi connectivity index (χ4n) is 2.41. The third kappa shape index (κ3) is 3.37. The Morgan fingerprint density at radius 3 is 2.68 bits per heavy atom. The molecule has 2 rings (SSSR count). The average Bonchev–Trinajstić information content (AvgIpc) is 2.72. The molecule has 1 heterocycles. The van der Waals surface area contributed by atoms with E-state index in [-0.39, 0.29) is 6.04 Å². The van der Waals surface area contributed by atoms with Crippen molar-refractivity contribution in [2.45, 2.75) is 26.3 Å². The van der Waals surface area contributed by atoms with Crippen molar-refractivity contribution in [3.63, 3.8) is 0 Å². The molecule has 0 bridgehead atoms. The van der Waals surface area contributed by atoms with Gasteiger partial charge in [0, 0.05) is 5.39 Å². The first-order valence-corrected chi connectivity index (χ1v) is 6.95. The van der Waals surface area contributed by atoms with Crippen LogP contribution in [-0.4, -0.2) is 32.1 Å². The van der Waals surface area contributed by atoms with Gasteiger partial charge in [0.2, 0.25) is 0 Å². The summed E-state index contributed by atoms with van der Waals surface area (Å²) in [6, 6.07) is 8.49. The highest BCUT2D eigenvalue weighted by molar-refractivity contribution is 5.82. The maximum absolute atomic E-state index is 5.97. The maximum atomic E-state index is 5.97. The van der Waals surface area contributed by atoms with Gasteiger partial charge in [-0.15, -0.1) is 0 Å². The molecule has 0 aliphatic heterocycles. The molecule has 0 saturated heterocycles. The molecule has 1 aromatic carbocycles. The summed E-state index contributed by atoms with van der Waals surface area (Å²) in [6.07, 6.45) is 1.15. The number of fused-ring (bicyclic) bond motifs is 1. The van der Waals surface area contributed by atoms with E-state index in [1.807, 2.05) is 12.1 Å². The number of rotatable bonds is 6. The minimum Gasteiger partial charge on any atom is -0.459 e. The van der Waals surface area contributed by atoms with E-state index in [1.165, 1.54) is 10.9 Å². The predicted octanol–water partition coefficient (Wildman–Crippen LogP) is 3.34. The number of nitrogens with one attached hydrogen (secondary N) is 1. The Morgan fingerprint density at radius 1 is 1.26 bits per heavy atom. The second-order valence-corrected chi connectivity index (χ2v) is 5.42. The van der Waals surface area contributed by atoms with Gasteiger partial charge in [-0.25, -0.2) is 0 Å². The van der Waals surface area contributed by atoms with Crippen LogP contribution in [0.15, 0.2) is 28.7 Å². The molecule has 2 aromatic rings. The summed E-state index contributed by atoms with van der Waals surface area (Å²) in [5, 5.41) is 4.76. The lowest BCUT2D eigenvalue weighted by molar-refractivity contribution is 0.380. The van der Waals surface area contributed by atoms with Gasteiger partial charge in [0.1, 0.15) is 11.3 Å². The van der Waals surface area contributed by atoms with Crippen LogP contribution in [0, 0.1) is 6.92 Å². The van der Waals surface area contributed by atoms with E-state index in [9.17, 15) is 0 Å². The standard InChI is InChI=1S/C16H24N2O/c1-12-14-8-5-6-9-15(14)19-16(12)13(2)17-10-7-11-18(3)4/h5-6,8-9,13,17H,7,10-11H2,1-4H3. The smallest absolute Gasteiger partial charge is 0.134 e. The van der Waals surface area contributed by atoms with Gasteiger partial charge in [0.25, 0.3) is 0 Å². The van der Waals surface area contributed by atoms with Crippen LogP contribution < -0.4 is 5.32 Å². The quantitative estimate of drug-likeness (QED) is 0.807. The average molecular weight is 260 g/mol. The first-order valence-electron chi connectivity index (χ1n) is 6.95. The van der Waals surface area contributed by atoms with E-state index >= 15 is 0 Å². The van der Waals surface area contributed by atoms with Crippen molar-refractivity contribution in [2.24, 2.45) is 0 Å². The molecule has 1 atom stereocenters. The number of hydrogen-bond acceptors (Lipinski definition) is 3. The van der Waals surface area contributed by atoms with Crippen LogP contribution in [0.1, 0.15) is 30.7 Å². The van der Waals surface area contributed by atoms with Crippen molar-refractivity contribution < 1.29 is 4.42 Å². The zero-order valence-corrected chi connectivity index (χ0v) is 12.4. The molecule has 1 N–H and O–H groups in total. The van der Waals surface area contributed by atoms with Crippen LogP contribution in [0.25, 0.3) is 11.0 Å². The maximum Gasteiger partial charge on any atom is 0.134 e. The van der Waals surface area contributed by atoms with Crippen LogP contribution in [-0.2, 0) is 0 Å². The second-order valence-electron chi connectivity index (χ2n) is 5.42. The van der Waals surface area contributed by atoms with Gasteiger partial charge in [-0.05, 0) is 59.1 Å². The molecule has 3 nitrogen and oxygen atoms in total. The highest BCUT2D eigenvalue weighted by Gasteiger charge is 2.15. The van der Waals surface area contributed by atoms with Crippen LogP contribution in [0.2, 0.25) is 0 Å². The molecule has 3 heteroatoms. The summed E-state index contributed by atoms with van der Waals surface area (Å²) in [4.78, 5) is 2.21. The zero-order chi connectivity index (χ0) is 13.8. The van der Waals surface area contributed by atoms with Crippen molar-refractivity contribution in [1.82, 2.24) is 10.2 Å². The van der Waals surface area contributed by atoms with Crippen LogP contribution in [0.4, 0.5) is 0 Å². The third-order valence-electron chi connectivity index (χ3n) is 3.51. The fourth-order valence-corrected chi connectivity index (χ4v) is 2.41. The van der Waals surface area contributed by atoms with Crippen molar-refractivity contribution in [3.8, 4) is 0 Å².